The van der Waals surface area contributed by atoms with Crippen LogP contribution in [-0.2, 0) is 19.1 Å². The first kappa shape index (κ1) is 19.9. The van der Waals surface area contributed by atoms with Crippen molar-refractivity contribution >= 4 is 29.1 Å². The second-order valence-corrected chi connectivity index (χ2v) is 6.77. The number of nitrogens with two attached hydrogens (primary N) is 1. The molecule has 142 valence electrons. The molecule has 1 aliphatic heterocycles. The van der Waals surface area contributed by atoms with Crippen LogP contribution in [0.5, 0.6) is 0 Å². The Morgan fingerprint density at radius 1 is 1.31 bits per heavy atom. The molecule has 1 saturated heterocycles. The molecule has 1 fully saturated rings. The van der Waals surface area contributed by atoms with E-state index in [9.17, 15) is 14.4 Å². The third-order valence-corrected chi connectivity index (χ3v) is 4.04. The van der Waals surface area contributed by atoms with Gasteiger partial charge in [-0.25, -0.2) is 0 Å². The zero-order valence-corrected chi connectivity index (χ0v) is 15.4. The Morgan fingerprint density at radius 3 is 2.50 bits per heavy atom. The third kappa shape index (κ3) is 5.03. The summed E-state index contributed by atoms with van der Waals surface area (Å²) in [7, 11) is 1.70. The molecule has 1 heterocycles. The maximum absolute atomic E-state index is 12.5. The minimum atomic E-state index is -1.04. The molecule has 26 heavy (non-hydrogen) atoms. The summed E-state index contributed by atoms with van der Waals surface area (Å²) in [5.74, 6) is -0.978. The molecule has 0 aromatic heterocycles. The highest BCUT2D eigenvalue weighted by atomic mass is 16.5. The van der Waals surface area contributed by atoms with Crippen LogP contribution in [0.4, 0.5) is 11.4 Å². The maximum Gasteiger partial charge on any atom is 0.253 e. The summed E-state index contributed by atoms with van der Waals surface area (Å²) < 4.78 is 5.11. The number of ether oxygens (including phenoxy) is 1. The van der Waals surface area contributed by atoms with Crippen LogP contribution in [0.2, 0.25) is 0 Å². The topological polar surface area (TPSA) is 105 Å². The molecule has 1 aromatic rings. The van der Waals surface area contributed by atoms with Crippen LogP contribution in [-0.4, -0.2) is 62.0 Å². The van der Waals surface area contributed by atoms with Gasteiger partial charge in [-0.1, -0.05) is 13.8 Å². The number of amides is 3. The number of anilines is 2. The van der Waals surface area contributed by atoms with Gasteiger partial charge in [0.15, 0.2) is 6.04 Å². The van der Waals surface area contributed by atoms with Crippen LogP contribution in [0.1, 0.15) is 13.8 Å². The lowest BCUT2D eigenvalue weighted by molar-refractivity contribution is -0.132. The lowest BCUT2D eigenvalue weighted by Gasteiger charge is -2.27. The van der Waals surface area contributed by atoms with Gasteiger partial charge in [0.1, 0.15) is 6.61 Å². The molecule has 0 radical (unpaired) electrons. The summed E-state index contributed by atoms with van der Waals surface area (Å²) in [4.78, 5) is 39.3. The quantitative estimate of drug-likeness (QED) is 0.685. The van der Waals surface area contributed by atoms with E-state index >= 15 is 0 Å². The smallest absolute Gasteiger partial charge is 0.253 e. The highest BCUT2D eigenvalue weighted by Crippen LogP contribution is 2.20. The van der Waals surface area contributed by atoms with E-state index in [2.05, 4.69) is 5.32 Å². The molecule has 2 rings (SSSR count). The van der Waals surface area contributed by atoms with Crippen molar-refractivity contribution in [2.45, 2.75) is 19.9 Å². The van der Waals surface area contributed by atoms with Gasteiger partial charge in [-0.15, -0.1) is 0 Å². The summed E-state index contributed by atoms with van der Waals surface area (Å²) in [6, 6.07) is 5.83. The fourth-order valence-corrected chi connectivity index (χ4v) is 2.95. The van der Waals surface area contributed by atoms with Crippen molar-refractivity contribution in [3.63, 3.8) is 0 Å². The predicted molar refractivity (Wildman–Crippen MR) is 98.7 cm³/mol. The van der Waals surface area contributed by atoms with E-state index in [1.807, 2.05) is 13.8 Å². The summed E-state index contributed by atoms with van der Waals surface area (Å²) in [5.41, 5.74) is 6.67. The number of carbonyl (C=O) groups is 3. The second-order valence-electron chi connectivity index (χ2n) is 6.77. The van der Waals surface area contributed by atoms with Crippen molar-refractivity contribution in [1.82, 2.24) is 4.90 Å². The van der Waals surface area contributed by atoms with E-state index in [4.69, 9.17) is 10.5 Å². The van der Waals surface area contributed by atoms with E-state index < -0.39 is 17.9 Å². The Hall–Kier alpha value is -2.45. The van der Waals surface area contributed by atoms with Crippen LogP contribution < -0.4 is 16.0 Å². The number of hydrogen-bond donors (Lipinski definition) is 2. The van der Waals surface area contributed by atoms with E-state index in [0.717, 1.165) is 5.69 Å². The molecule has 0 aliphatic carbocycles. The molecule has 8 heteroatoms. The lowest BCUT2D eigenvalue weighted by Crippen LogP contribution is -2.51. The summed E-state index contributed by atoms with van der Waals surface area (Å²) in [6.07, 6.45) is 0. The van der Waals surface area contributed by atoms with Crippen LogP contribution >= 0.6 is 0 Å². The molecule has 1 atom stereocenters. The molecule has 0 unspecified atom stereocenters. The van der Waals surface area contributed by atoms with Gasteiger partial charge in [0.05, 0.1) is 6.61 Å². The van der Waals surface area contributed by atoms with Gasteiger partial charge in [-0.05, 0) is 37.2 Å². The standard InChI is InChI=1S/C18H26N4O4/c1-12(2)10-21(3)16(17(19)24)18(25)20-13-4-6-14(7-5-13)22-8-9-26-11-15(22)23/h4-7,12,16H,8-11H2,1-3H3,(H2,19,24)(H,20,25)/t16-/m1/s1. The largest absolute Gasteiger partial charge is 0.370 e. The van der Waals surface area contributed by atoms with Crippen molar-refractivity contribution in [3.8, 4) is 0 Å². The van der Waals surface area contributed by atoms with Crippen molar-refractivity contribution < 1.29 is 19.1 Å². The zero-order chi connectivity index (χ0) is 19.3. The van der Waals surface area contributed by atoms with Crippen LogP contribution in [0, 0.1) is 5.92 Å². The number of hydrogen-bond acceptors (Lipinski definition) is 5. The number of morpholine rings is 1. The van der Waals surface area contributed by atoms with Crippen LogP contribution in [0.15, 0.2) is 24.3 Å². The Morgan fingerprint density at radius 2 is 1.96 bits per heavy atom. The number of likely N-dealkylation sites (N-methyl/N-ethyl adjacent to an activating group) is 1. The molecule has 1 aromatic carbocycles. The van der Waals surface area contributed by atoms with Crippen LogP contribution in [0.25, 0.3) is 0 Å². The van der Waals surface area contributed by atoms with Crippen molar-refractivity contribution in [2.75, 3.05) is 43.6 Å². The highest BCUT2D eigenvalue weighted by molar-refractivity contribution is 6.09. The Kier molecular flexibility index (Phi) is 6.70. The van der Waals surface area contributed by atoms with Gasteiger partial charge in [-0.2, -0.15) is 0 Å². The molecule has 1 aliphatic rings. The number of primary amides is 1. The first-order valence-electron chi connectivity index (χ1n) is 8.58. The Balaban J connectivity index is 2.05. The number of benzene rings is 1. The lowest BCUT2D eigenvalue weighted by atomic mass is 10.1. The molecule has 3 amide bonds. The van der Waals surface area contributed by atoms with E-state index in [0.29, 0.717) is 31.3 Å². The molecule has 3 N–H and O–H groups in total. The van der Waals surface area contributed by atoms with Gasteiger partial charge < -0.3 is 20.7 Å². The zero-order valence-electron chi connectivity index (χ0n) is 15.4. The SMILES string of the molecule is CC(C)CN(C)[C@H](C(N)=O)C(=O)Nc1ccc(N2CCOCC2=O)cc1. The number of carbonyl (C=O) groups excluding carboxylic acids is 3. The summed E-state index contributed by atoms with van der Waals surface area (Å²) >= 11 is 0. The van der Waals surface area contributed by atoms with Crippen molar-refractivity contribution in [2.24, 2.45) is 11.7 Å². The minimum Gasteiger partial charge on any atom is -0.370 e. The number of rotatable bonds is 7. The molecule has 0 saturated carbocycles. The van der Waals surface area contributed by atoms with E-state index in [-0.39, 0.29) is 12.5 Å². The molecule has 0 spiro atoms. The predicted octanol–water partition coefficient (Wildman–Crippen LogP) is 0.430. The minimum absolute atomic E-state index is 0.0704. The highest BCUT2D eigenvalue weighted by Gasteiger charge is 2.29. The Bertz CT molecular complexity index is 660. The van der Waals surface area contributed by atoms with Crippen LogP contribution in [0.3, 0.4) is 0 Å². The number of nitrogens with zero attached hydrogens (tertiary/aromatic N) is 2. The first-order valence-corrected chi connectivity index (χ1v) is 8.58. The fraction of sp³-hybridized carbons (Fsp3) is 0.500. The Labute approximate surface area is 153 Å². The molecule has 0 bridgehead atoms. The maximum atomic E-state index is 12.5. The summed E-state index contributed by atoms with van der Waals surface area (Å²) in [5, 5.41) is 2.71. The summed E-state index contributed by atoms with van der Waals surface area (Å²) in [6.45, 7) is 5.62. The molecular formula is C18H26N4O4. The number of nitrogens with one attached hydrogen (secondary N) is 1. The fourth-order valence-electron chi connectivity index (χ4n) is 2.95. The monoisotopic (exact) mass is 362 g/mol. The molecule has 8 nitrogen and oxygen atoms in total. The van der Waals surface area contributed by atoms with Crippen molar-refractivity contribution in [3.05, 3.63) is 24.3 Å². The first-order chi connectivity index (χ1) is 12.3. The van der Waals surface area contributed by atoms with Gasteiger partial charge in [0, 0.05) is 24.5 Å². The van der Waals surface area contributed by atoms with E-state index in [1.54, 1.807) is 41.1 Å². The van der Waals surface area contributed by atoms with Gasteiger partial charge >= 0.3 is 0 Å². The second kappa shape index (κ2) is 8.77. The average molecular weight is 362 g/mol. The van der Waals surface area contributed by atoms with E-state index in [1.165, 1.54) is 0 Å². The average Bonchev–Trinajstić information content (AvgIpc) is 2.55. The van der Waals surface area contributed by atoms with Gasteiger partial charge in [0.25, 0.3) is 11.8 Å². The normalized spacial score (nSPS) is 16.0. The third-order valence-electron chi connectivity index (χ3n) is 4.04. The van der Waals surface area contributed by atoms with Gasteiger partial charge in [-0.3, -0.25) is 19.3 Å². The van der Waals surface area contributed by atoms with Crippen molar-refractivity contribution in [1.29, 1.82) is 0 Å². The molecular weight excluding hydrogens is 336 g/mol. The van der Waals surface area contributed by atoms with Gasteiger partial charge in [0.2, 0.25) is 5.91 Å².